The minimum absolute atomic E-state index is 0.407. The Morgan fingerprint density at radius 3 is 2.65 bits per heavy atom. The average molecular weight is 278 g/mol. The summed E-state index contributed by atoms with van der Waals surface area (Å²) >= 11 is 0. The number of nitrogens with zero attached hydrogens (tertiary/aromatic N) is 1. The monoisotopic (exact) mass is 278 g/mol. The summed E-state index contributed by atoms with van der Waals surface area (Å²) in [6.45, 7) is 2.17. The largest absolute Gasteiger partial charge is 0.496 e. The number of nitrogens with two attached hydrogens (primary N) is 1. The number of benzene rings is 1. The molecule has 0 aliphatic carbocycles. The number of carbonyl (C=O) groups excluding carboxylic acids is 1. The predicted molar refractivity (Wildman–Crippen MR) is 78.1 cm³/mol. The van der Waals surface area contributed by atoms with E-state index in [1.165, 1.54) is 20.0 Å². The Hall–Kier alpha value is -1.75. The molecule has 0 spiro atoms. The second-order valence-corrected chi connectivity index (χ2v) is 5.02. The van der Waals surface area contributed by atoms with E-state index in [9.17, 15) is 4.79 Å². The van der Waals surface area contributed by atoms with E-state index in [1.807, 2.05) is 12.1 Å². The van der Waals surface area contributed by atoms with E-state index < -0.39 is 12.0 Å². The Balaban J connectivity index is 2.15. The number of methoxy groups -OCH3 is 2. The zero-order valence-corrected chi connectivity index (χ0v) is 12.1. The summed E-state index contributed by atoms with van der Waals surface area (Å²) in [6, 6.07) is 5.40. The van der Waals surface area contributed by atoms with Gasteiger partial charge in [0.15, 0.2) is 0 Å². The molecule has 0 radical (unpaired) electrons. The van der Waals surface area contributed by atoms with Crippen LogP contribution < -0.4 is 15.4 Å². The maximum absolute atomic E-state index is 11.4. The van der Waals surface area contributed by atoms with E-state index in [0.717, 1.165) is 30.1 Å². The van der Waals surface area contributed by atoms with E-state index in [0.29, 0.717) is 6.42 Å². The van der Waals surface area contributed by atoms with Gasteiger partial charge >= 0.3 is 5.97 Å². The number of esters is 1. The lowest BCUT2D eigenvalue weighted by atomic mass is 10.0. The Morgan fingerprint density at radius 1 is 1.35 bits per heavy atom. The molecular formula is C15H22N2O3. The first-order valence-electron chi connectivity index (χ1n) is 6.91. The van der Waals surface area contributed by atoms with Crippen LogP contribution in [0.4, 0.5) is 5.69 Å². The lowest BCUT2D eigenvalue weighted by molar-refractivity contribution is -0.142. The molecule has 1 heterocycles. The molecule has 0 saturated carbocycles. The molecule has 0 amide bonds. The summed E-state index contributed by atoms with van der Waals surface area (Å²) in [4.78, 5) is 13.7. The van der Waals surface area contributed by atoms with E-state index in [4.69, 9.17) is 10.5 Å². The van der Waals surface area contributed by atoms with E-state index in [2.05, 4.69) is 15.7 Å². The molecule has 0 bridgehead atoms. The summed E-state index contributed by atoms with van der Waals surface area (Å²) in [5, 5.41) is 0. The molecule has 1 aliphatic heterocycles. The van der Waals surface area contributed by atoms with Gasteiger partial charge in [0.25, 0.3) is 0 Å². The zero-order chi connectivity index (χ0) is 14.5. The molecule has 0 aromatic heterocycles. The molecule has 2 rings (SSSR count). The number of anilines is 1. The number of hydrogen-bond acceptors (Lipinski definition) is 5. The van der Waals surface area contributed by atoms with Crippen molar-refractivity contribution in [2.75, 3.05) is 32.2 Å². The number of rotatable bonds is 5. The van der Waals surface area contributed by atoms with Crippen LogP contribution in [0.1, 0.15) is 18.4 Å². The van der Waals surface area contributed by atoms with Crippen molar-refractivity contribution in [3.8, 4) is 5.75 Å². The molecule has 1 saturated heterocycles. The van der Waals surface area contributed by atoms with Gasteiger partial charge in [-0.1, -0.05) is 6.07 Å². The van der Waals surface area contributed by atoms with Crippen LogP contribution in [0, 0.1) is 0 Å². The van der Waals surface area contributed by atoms with Crippen molar-refractivity contribution in [3.63, 3.8) is 0 Å². The van der Waals surface area contributed by atoms with Crippen LogP contribution in [-0.4, -0.2) is 39.3 Å². The third-order valence-corrected chi connectivity index (χ3v) is 3.69. The quantitative estimate of drug-likeness (QED) is 0.823. The molecule has 1 fully saturated rings. The van der Waals surface area contributed by atoms with Gasteiger partial charge in [0.2, 0.25) is 0 Å². The molecule has 5 heteroatoms. The molecule has 110 valence electrons. The highest BCUT2D eigenvalue weighted by atomic mass is 16.5. The van der Waals surface area contributed by atoms with Crippen molar-refractivity contribution in [3.05, 3.63) is 23.8 Å². The van der Waals surface area contributed by atoms with Gasteiger partial charge in [0, 0.05) is 31.3 Å². The maximum atomic E-state index is 11.4. The maximum Gasteiger partial charge on any atom is 0.322 e. The van der Waals surface area contributed by atoms with Gasteiger partial charge in [0.1, 0.15) is 11.8 Å². The van der Waals surface area contributed by atoms with E-state index >= 15 is 0 Å². The van der Waals surface area contributed by atoms with Gasteiger partial charge in [-0.2, -0.15) is 0 Å². The van der Waals surface area contributed by atoms with Crippen LogP contribution in [-0.2, 0) is 16.0 Å². The van der Waals surface area contributed by atoms with Gasteiger partial charge < -0.3 is 20.1 Å². The molecule has 2 N–H and O–H groups in total. The molecule has 5 nitrogen and oxygen atoms in total. The molecule has 1 unspecified atom stereocenters. The third kappa shape index (κ3) is 3.22. The number of carbonyl (C=O) groups is 1. The van der Waals surface area contributed by atoms with E-state index in [-0.39, 0.29) is 0 Å². The fourth-order valence-electron chi connectivity index (χ4n) is 2.55. The number of hydrogen-bond donors (Lipinski definition) is 1. The standard InChI is InChI=1S/C15H22N2O3/c1-19-14-10-12(17-7-3-4-8-17)6-5-11(14)9-13(16)15(18)20-2/h5-6,10,13H,3-4,7-9,16H2,1-2H3. The summed E-state index contributed by atoms with van der Waals surface area (Å²) in [7, 11) is 2.98. The minimum Gasteiger partial charge on any atom is -0.496 e. The van der Waals surface area contributed by atoms with Crippen LogP contribution in [0.5, 0.6) is 5.75 Å². The SMILES string of the molecule is COC(=O)C(N)Cc1ccc(N2CCCC2)cc1OC. The van der Waals surface area contributed by atoms with Gasteiger partial charge in [-0.05, 0) is 24.5 Å². The van der Waals surface area contributed by atoms with Gasteiger partial charge in [0.05, 0.1) is 14.2 Å². The van der Waals surface area contributed by atoms with Crippen LogP contribution in [0.15, 0.2) is 18.2 Å². The predicted octanol–water partition coefficient (Wildman–Crippen LogP) is 1.34. The van der Waals surface area contributed by atoms with Gasteiger partial charge in [-0.15, -0.1) is 0 Å². The van der Waals surface area contributed by atoms with Gasteiger partial charge in [-0.25, -0.2) is 0 Å². The highest BCUT2D eigenvalue weighted by Crippen LogP contribution is 2.28. The molecular weight excluding hydrogens is 256 g/mol. The van der Waals surface area contributed by atoms with Crippen molar-refractivity contribution in [1.82, 2.24) is 0 Å². The summed E-state index contributed by atoms with van der Waals surface area (Å²) in [5.41, 5.74) is 7.89. The zero-order valence-electron chi connectivity index (χ0n) is 12.1. The molecule has 20 heavy (non-hydrogen) atoms. The average Bonchev–Trinajstić information content (AvgIpc) is 3.00. The lowest BCUT2D eigenvalue weighted by Crippen LogP contribution is -2.33. The fourth-order valence-corrected chi connectivity index (χ4v) is 2.55. The summed E-state index contributed by atoms with van der Waals surface area (Å²) < 4.78 is 10.1. The smallest absolute Gasteiger partial charge is 0.322 e. The molecule has 1 aromatic rings. The van der Waals surface area contributed by atoms with Gasteiger partial charge in [-0.3, -0.25) is 4.79 Å². The topological polar surface area (TPSA) is 64.8 Å². The Labute approximate surface area is 119 Å². The highest BCUT2D eigenvalue weighted by Gasteiger charge is 2.18. The normalized spacial score (nSPS) is 16.1. The van der Waals surface area contributed by atoms with Crippen molar-refractivity contribution < 1.29 is 14.3 Å². The number of ether oxygens (including phenoxy) is 2. The van der Waals surface area contributed by atoms with Crippen LogP contribution in [0.25, 0.3) is 0 Å². The second kappa shape index (κ2) is 6.61. The first-order valence-corrected chi connectivity index (χ1v) is 6.91. The van der Waals surface area contributed by atoms with Crippen LogP contribution >= 0.6 is 0 Å². The van der Waals surface area contributed by atoms with Crippen molar-refractivity contribution >= 4 is 11.7 Å². The highest BCUT2D eigenvalue weighted by molar-refractivity contribution is 5.76. The second-order valence-electron chi connectivity index (χ2n) is 5.02. The summed E-state index contributed by atoms with van der Waals surface area (Å²) in [5.74, 6) is 0.365. The lowest BCUT2D eigenvalue weighted by Gasteiger charge is -2.20. The Bertz CT molecular complexity index is 470. The van der Waals surface area contributed by atoms with Crippen molar-refractivity contribution in [2.45, 2.75) is 25.3 Å². The Morgan fingerprint density at radius 2 is 2.05 bits per heavy atom. The fraction of sp³-hybridized carbons (Fsp3) is 0.533. The first-order chi connectivity index (χ1) is 9.65. The third-order valence-electron chi connectivity index (χ3n) is 3.69. The summed E-state index contributed by atoms with van der Waals surface area (Å²) in [6.07, 6.45) is 2.88. The van der Waals surface area contributed by atoms with Crippen molar-refractivity contribution in [2.24, 2.45) is 5.73 Å². The molecule has 1 aliphatic rings. The molecule has 1 atom stereocenters. The van der Waals surface area contributed by atoms with Crippen LogP contribution in [0.3, 0.4) is 0 Å². The molecule has 1 aromatic carbocycles. The van der Waals surface area contributed by atoms with E-state index in [1.54, 1.807) is 7.11 Å². The van der Waals surface area contributed by atoms with Crippen LogP contribution in [0.2, 0.25) is 0 Å². The minimum atomic E-state index is -0.661. The Kier molecular flexibility index (Phi) is 4.84. The first kappa shape index (κ1) is 14.7. The van der Waals surface area contributed by atoms with Crippen molar-refractivity contribution in [1.29, 1.82) is 0 Å².